The van der Waals surface area contributed by atoms with Crippen molar-refractivity contribution < 1.29 is 14.3 Å². The fraction of sp³-hybridized carbons (Fsp3) is 0.500. The minimum atomic E-state index is -0.985. The molecule has 1 aliphatic rings. The monoisotopic (exact) mass is 212 g/mol. The summed E-state index contributed by atoms with van der Waals surface area (Å²) in [5, 5.41) is 8.70. The molecule has 4 heteroatoms. The summed E-state index contributed by atoms with van der Waals surface area (Å²) in [7, 11) is 0. The zero-order valence-corrected chi connectivity index (χ0v) is 8.55. The highest BCUT2D eigenvalue weighted by Crippen LogP contribution is 2.32. The van der Waals surface area contributed by atoms with Gasteiger partial charge in [-0.15, -0.1) is 0 Å². The number of hydrogen-bond acceptors (Lipinski definition) is 3. The van der Waals surface area contributed by atoms with E-state index in [0.717, 1.165) is 30.1 Å². The van der Waals surface area contributed by atoms with E-state index in [-0.39, 0.29) is 5.76 Å². The first-order valence-electron chi connectivity index (χ1n) is 4.68. The summed E-state index contributed by atoms with van der Waals surface area (Å²) >= 11 is 1.95. The largest absolute Gasteiger partial charge is 0.475 e. The molecule has 0 saturated carbocycles. The minimum absolute atomic E-state index is 0.0539. The van der Waals surface area contributed by atoms with Crippen LogP contribution >= 0.6 is 11.8 Å². The van der Waals surface area contributed by atoms with Crippen LogP contribution in [0.1, 0.15) is 35.1 Å². The van der Waals surface area contributed by atoms with Crippen LogP contribution in [0.5, 0.6) is 0 Å². The fourth-order valence-corrected chi connectivity index (χ4v) is 2.78. The Kier molecular flexibility index (Phi) is 2.82. The van der Waals surface area contributed by atoms with Gasteiger partial charge in [-0.3, -0.25) is 0 Å². The third kappa shape index (κ3) is 1.95. The minimum Gasteiger partial charge on any atom is -0.475 e. The molecule has 2 heterocycles. The molecule has 1 aromatic rings. The van der Waals surface area contributed by atoms with E-state index in [1.807, 2.05) is 11.8 Å². The Morgan fingerprint density at radius 3 is 2.71 bits per heavy atom. The lowest BCUT2D eigenvalue weighted by Crippen LogP contribution is -2.06. The van der Waals surface area contributed by atoms with E-state index in [2.05, 4.69) is 0 Å². The number of hydrogen-bond donors (Lipinski definition) is 1. The van der Waals surface area contributed by atoms with Crippen molar-refractivity contribution in [2.75, 3.05) is 11.5 Å². The van der Waals surface area contributed by atoms with Gasteiger partial charge in [0.15, 0.2) is 0 Å². The Balaban J connectivity index is 2.11. The van der Waals surface area contributed by atoms with Gasteiger partial charge in [-0.1, -0.05) is 0 Å². The number of thioether (sulfide) groups is 1. The van der Waals surface area contributed by atoms with E-state index in [1.54, 1.807) is 12.1 Å². The molecule has 0 aliphatic carbocycles. The highest BCUT2D eigenvalue weighted by molar-refractivity contribution is 7.99. The Hall–Kier alpha value is -0.900. The normalized spacial score (nSPS) is 18.3. The van der Waals surface area contributed by atoms with Gasteiger partial charge in [0.25, 0.3) is 0 Å². The maximum Gasteiger partial charge on any atom is 0.371 e. The van der Waals surface area contributed by atoms with Crippen molar-refractivity contribution in [3.8, 4) is 0 Å². The maximum absolute atomic E-state index is 10.6. The van der Waals surface area contributed by atoms with E-state index in [1.165, 1.54) is 0 Å². The fourth-order valence-electron chi connectivity index (χ4n) is 1.67. The van der Waals surface area contributed by atoms with Crippen LogP contribution in [-0.2, 0) is 0 Å². The molecule has 0 unspecified atom stereocenters. The summed E-state index contributed by atoms with van der Waals surface area (Å²) in [6, 6.07) is 3.34. The van der Waals surface area contributed by atoms with Crippen LogP contribution in [0.15, 0.2) is 16.5 Å². The smallest absolute Gasteiger partial charge is 0.371 e. The van der Waals surface area contributed by atoms with Crippen LogP contribution < -0.4 is 0 Å². The van der Waals surface area contributed by atoms with Crippen LogP contribution in [0.3, 0.4) is 0 Å². The first-order valence-corrected chi connectivity index (χ1v) is 5.83. The molecule has 2 rings (SSSR count). The van der Waals surface area contributed by atoms with Gasteiger partial charge in [0.05, 0.1) is 0 Å². The molecule has 1 aromatic heterocycles. The van der Waals surface area contributed by atoms with Gasteiger partial charge in [-0.05, 0) is 36.5 Å². The first-order chi connectivity index (χ1) is 6.77. The van der Waals surface area contributed by atoms with E-state index in [4.69, 9.17) is 9.52 Å². The maximum atomic E-state index is 10.6. The summed E-state index contributed by atoms with van der Waals surface area (Å²) in [6.45, 7) is 0. The van der Waals surface area contributed by atoms with Crippen molar-refractivity contribution in [3.63, 3.8) is 0 Å². The van der Waals surface area contributed by atoms with Crippen molar-refractivity contribution >= 4 is 17.7 Å². The standard InChI is InChI=1S/C10H12O3S/c11-10(12)9-2-1-8(13-9)7-3-5-14-6-4-7/h1-2,7H,3-6H2,(H,11,12). The van der Waals surface area contributed by atoms with E-state index >= 15 is 0 Å². The van der Waals surface area contributed by atoms with Crippen LogP contribution in [-0.4, -0.2) is 22.6 Å². The Labute approximate surface area is 86.5 Å². The van der Waals surface area contributed by atoms with Crippen LogP contribution in [0, 0.1) is 0 Å². The molecular weight excluding hydrogens is 200 g/mol. The van der Waals surface area contributed by atoms with Crippen LogP contribution in [0.25, 0.3) is 0 Å². The predicted molar refractivity (Wildman–Crippen MR) is 55.0 cm³/mol. The zero-order valence-electron chi connectivity index (χ0n) is 7.73. The molecule has 1 N–H and O–H groups in total. The van der Waals surface area contributed by atoms with Gasteiger partial charge < -0.3 is 9.52 Å². The lowest BCUT2D eigenvalue weighted by molar-refractivity contribution is 0.0659. The summed E-state index contributed by atoms with van der Waals surface area (Å²) in [6.07, 6.45) is 2.19. The number of rotatable bonds is 2. The van der Waals surface area contributed by atoms with Gasteiger partial charge in [-0.2, -0.15) is 11.8 Å². The molecule has 0 spiro atoms. The number of carboxylic acid groups (broad SMARTS) is 1. The molecule has 76 valence electrons. The van der Waals surface area contributed by atoms with Crippen LogP contribution in [0.4, 0.5) is 0 Å². The molecule has 0 radical (unpaired) electrons. The third-order valence-electron chi connectivity index (χ3n) is 2.46. The van der Waals surface area contributed by atoms with Crippen molar-refractivity contribution in [2.45, 2.75) is 18.8 Å². The topological polar surface area (TPSA) is 50.4 Å². The molecule has 1 saturated heterocycles. The van der Waals surface area contributed by atoms with E-state index < -0.39 is 5.97 Å². The Morgan fingerprint density at radius 1 is 1.43 bits per heavy atom. The second-order valence-electron chi connectivity index (χ2n) is 3.39. The highest BCUT2D eigenvalue weighted by Gasteiger charge is 2.20. The lowest BCUT2D eigenvalue weighted by atomic mass is 10.0. The number of aromatic carboxylic acids is 1. The van der Waals surface area contributed by atoms with Gasteiger partial charge in [-0.25, -0.2) is 4.79 Å². The average Bonchev–Trinajstić information content (AvgIpc) is 2.68. The predicted octanol–water partition coefficient (Wildman–Crippen LogP) is 2.59. The van der Waals surface area contributed by atoms with Crippen molar-refractivity contribution in [3.05, 3.63) is 23.7 Å². The first kappa shape index (κ1) is 9.65. The van der Waals surface area contributed by atoms with Crippen molar-refractivity contribution in [2.24, 2.45) is 0 Å². The SMILES string of the molecule is O=C(O)c1ccc(C2CCSCC2)o1. The second kappa shape index (κ2) is 4.09. The average molecular weight is 212 g/mol. The van der Waals surface area contributed by atoms with E-state index in [0.29, 0.717) is 5.92 Å². The molecule has 1 fully saturated rings. The third-order valence-corrected chi connectivity index (χ3v) is 3.51. The summed E-state index contributed by atoms with van der Waals surface area (Å²) in [4.78, 5) is 10.6. The molecule has 0 bridgehead atoms. The van der Waals surface area contributed by atoms with Crippen LogP contribution in [0.2, 0.25) is 0 Å². The molecule has 0 amide bonds. The molecule has 0 aromatic carbocycles. The zero-order chi connectivity index (χ0) is 9.97. The van der Waals surface area contributed by atoms with Gasteiger partial charge in [0.1, 0.15) is 5.76 Å². The molecule has 3 nitrogen and oxygen atoms in total. The number of furan rings is 1. The van der Waals surface area contributed by atoms with Gasteiger partial charge in [0.2, 0.25) is 5.76 Å². The molecule has 0 atom stereocenters. The summed E-state index contributed by atoms with van der Waals surface area (Å²) in [5.74, 6) is 2.62. The van der Waals surface area contributed by atoms with E-state index in [9.17, 15) is 4.79 Å². The Bertz CT molecular complexity index is 326. The number of carbonyl (C=O) groups is 1. The second-order valence-corrected chi connectivity index (χ2v) is 4.62. The number of carboxylic acids is 1. The Morgan fingerprint density at radius 2 is 2.14 bits per heavy atom. The molecule has 1 aliphatic heterocycles. The summed E-state index contributed by atoms with van der Waals surface area (Å²) < 4.78 is 5.28. The molecular formula is C10H12O3S. The van der Waals surface area contributed by atoms with Crippen molar-refractivity contribution in [1.29, 1.82) is 0 Å². The lowest BCUT2D eigenvalue weighted by Gasteiger charge is -2.18. The quantitative estimate of drug-likeness (QED) is 0.818. The highest BCUT2D eigenvalue weighted by atomic mass is 32.2. The molecule has 14 heavy (non-hydrogen) atoms. The van der Waals surface area contributed by atoms with Gasteiger partial charge >= 0.3 is 5.97 Å². The summed E-state index contributed by atoms with van der Waals surface area (Å²) in [5.41, 5.74) is 0. The van der Waals surface area contributed by atoms with Gasteiger partial charge in [0, 0.05) is 5.92 Å². The van der Waals surface area contributed by atoms with Crippen molar-refractivity contribution in [1.82, 2.24) is 0 Å².